The Balaban J connectivity index is 1.52. The van der Waals surface area contributed by atoms with Gasteiger partial charge in [0.15, 0.2) is 17.6 Å². The van der Waals surface area contributed by atoms with E-state index in [1.165, 1.54) is 25.9 Å². The SMILES string of the molecule is CO[C@@H](C(=O)N(CC[NH+]1CCCC1)Cc1ccc2c(c1)OCCO2)c1ccccc1. The third-order valence-corrected chi connectivity index (χ3v) is 5.90. The first-order chi connectivity index (χ1) is 14.7. The molecule has 2 aromatic rings. The van der Waals surface area contributed by atoms with E-state index in [9.17, 15) is 4.79 Å². The predicted octanol–water partition coefficient (Wildman–Crippen LogP) is 1.85. The van der Waals surface area contributed by atoms with E-state index in [1.54, 1.807) is 12.0 Å². The minimum atomic E-state index is -0.600. The van der Waals surface area contributed by atoms with Crippen molar-refractivity contribution in [1.82, 2.24) is 4.90 Å². The number of carbonyl (C=O) groups is 1. The van der Waals surface area contributed by atoms with Crippen LogP contribution >= 0.6 is 0 Å². The summed E-state index contributed by atoms with van der Waals surface area (Å²) in [6, 6.07) is 15.7. The largest absolute Gasteiger partial charge is 0.486 e. The Morgan fingerprint density at radius 2 is 1.80 bits per heavy atom. The van der Waals surface area contributed by atoms with Crippen LogP contribution in [0.5, 0.6) is 11.5 Å². The highest BCUT2D eigenvalue weighted by atomic mass is 16.6. The van der Waals surface area contributed by atoms with Gasteiger partial charge in [0.1, 0.15) is 13.2 Å². The van der Waals surface area contributed by atoms with E-state index in [4.69, 9.17) is 14.2 Å². The van der Waals surface area contributed by atoms with Crippen molar-refractivity contribution < 1.29 is 23.9 Å². The van der Waals surface area contributed by atoms with Crippen LogP contribution in [0.15, 0.2) is 48.5 Å². The second-order valence-electron chi connectivity index (χ2n) is 7.97. The summed E-state index contributed by atoms with van der Waals surface area (Å²) in [6.45, 7) is 5.70. The van der Waals surface area contributed by atoms with Crippen LogP contribution < -0.4 is 14.4 Å². The lowest BCUT2D eigenvalue weighted by atomic mass is 10.1. The van der Waals surface area contributed by atoms with Gasteiger partial charge in [-0.2, -0.15) is 0 Å². The minimum absolute atomic E-state index is 0.00261. The molecular weight excluding hydrogens is 380 g/mol. The first-order valence-electron chi connectivity index (χ1n) is 10.8. The molecule has 6 nitrogen and oxygen atoms in total. The normalized spacial score (nSPS) is 17.0. The maximum absolute atomic E-state index is 13.5. The van der Waals surface area contributed by atoms with E-state index in [2.05, 4.69) is 0 Å². The Labute approximate surface area is 178 Å². The number of amides is 1. The van der Waals surface area contributed by atoms with Crippen LogP contribution in [0.2, 0.25) is 0 Å². The highest BCUT2D eigenvalue weighted by Gasteiger charge is 2.28. The van der Waals surface area contributed by atoms with Gasteiger partial charge in [-0.1, -0.05) is 36.4 Å². The quantitative estimate of drug-likeness (QED) is 0.721. The molecule has 0 aliphatic carbocycles. The standard InChI is InChI=1S/C24H30N2O4/c1-28-23(20-7-3-2-4-8-20)24(27)26(14-13-25-11-5-6-12-25)18-19-9-10-21-22(17-19)30-16-15-29-21/h2-4,7-10,17,23H,5-6,11-16,18H2,1H3/p+1/t23-/m1/s1. The molecule has 1 saturated heterocycles. The number of nitrogens with zero attached hydrogens (tertiary/aromatic N) is 1. The Morgan fingerprint density at radius 3 is 2.53 bits per heavy atom. The minimum Gasteiger partial charge on any atom is -0.486 e. The lowest BCUT2D eigenvalue weighted by molar-refractivity contribution is -0.886. The monoisotopic (exact) mass is 411 g/mol. The molecule has 2 aliphatic rings. The van der Waals surface area contributed by atoms with Crippen LogP contribution in [0.4, 0.5) is 0 Å². The highest BCUT2D eigenvalue weighted by Crippen LogP contribution is 2.31. The van der Waals surface area contributed by atoms with Gasteiger partial charge in [-0.25, -0.2) is 0 Å². The third-order valence-electron chi connectivity index (χ3n) is 5.90. The average molecular weight is 412 g/mol. The van der Waals surface area contributed by atoms with Crippen molar-refractivity contribution >= 4 is 5.91 Å². The van der Waals surface area contributed by atoms with E-state index in [1.807, 2.05) is 53.4 Å². The number of carbonyl (C=O) groups excluding carboxylic acids is 1. The molecule has 0 saturated carbocycles. The molecule has 0 aromatic heterocycles. The molecule has 1 amide bonds. The fraction of sp³-hybridized carbons (Fsp3) is 0.458. The Bertz CT molecular complexity index is 836. The number of ether oxygens (including phenoxy) is 3. The topological polar surface area (TPSA) is 52.4 Å². The van der Waals surface area contributed by atoms with Crippen LogP contribution in [0.25, 0.3) is 0 Å². The van der Waals surface area contributed by atoms with Crippen LogP contribution in [-0.4, -0.2) is 57.3 Å². The maximum atomic E-state index is 13.5. The van der Waals surface area contributed by atoms with Crippen LogP contribution in [0.1, 0.15) is 30.1 Å². The molecule has 1 atom stereocenters. The molecule has 2 aromatic carbocycles. The van der Waals surface area contributed by atoms with Crippen molar-refractivity contribution in [3.63, 3.8) is 0 Å². The number of nitrogens with one attached hydrogen (secondary N) is 1. The fourth-order valence-corrected chi connectivity index (χ4v) is 4.26. The summed E-state index contributed by atoms with van der Waals surface area (Å²) in [5.41, 5.74) is 1.91. The highest BCUT2D eigenvalue weighted by molar-refractivity contribution is 5.82. The van der Waals surface area contributed by atoms with Gasteiger partial charge in [0.25, 0.3) is 5.91 Å². The number of likely N-dealkylation sites (tertiary alicyclic amines) is 1. The Kier molecular flexibility index (Phi) is 6.87. The van der Waals surface area contributed by atoms with Gasteiger partial charge in [0.2, 0.25) is 0 Å². The van der Waals surface area contributed by atoms with Crippen molar-refractivity contribution in [3.05, 3.63) is 59.7 Å². The van der Waals surface area contributed by atoms with Gasteiger partial charge in [-0.3, -0.25) is 4.79 Å². The van der Waals surface area contributed by atoms with Crippen molar-refractivity contribution in [2.75, 3.05) is 46.5 Å². The molecule has 0 bridgehead atoms. The van der Waals surface area contributed by atoms with Crippen molar-refractivity contribution in [1.29, 1.82) is 0 Å². The van der Waals surface area contributed by atoms with E-state index in [0.29, 0.717) is 26.3 Å². The van der Waals surface area contributed by atoms with Crippen molar-refractivity contribution in [2.45, 2.75) is 25.5 Å². The Morgan fingerprint density at radius 1 is 1.07 bits per heavy atom. The molecule has 160 valence electrons. The zero-order valence-corrected chi connectivity index (χ0v) is 17.6. The number of rotatable bonds is 8. The van der Waals surface area contributed by atoms with Crippen molar-refractivity contribution in [2.24, 2.45) is 0 Å². The van der Waals surface area contributed by atoms with Crippen LogP contribution in [0.3, 0.4) is 0 Å². The predicted molar refractivity (Wildman–Crippen MR) is 114 cm³/mol. The third kappa shape index (κ3) is 4.94. The zero-order chi connectivity index (χ0) is 20.8. The molecule has 1 fully saturated rings. The van der Waals surface area contributed by atoms with E-state index in [0.717, 1.165) is 29.2 Å². The summed E-state index contributed by atoms with van der Waals surface area (Å²) in [7, 11) is 1.60. The summed E-state index contributed by atoms with van der Waals surface area (Å²) >= 11 is 0. The first-order valence-corrected chi connectivity index (χ1v) is 10.8. The smallest absolute Gasteiger partial charge is 0.256 e. The number of benzene rings is 2. The van der Waals surface area contributed by atoms with E-state index in [-0.39, 0.29) is 5.91 Å². The Hall–Kier alpha value is -2.57. The second kappa shape index (κ2) is 9.96. The molecule has 1 N–H and O–H groups in total. The van der Waals surface area contributed by atoms with Gasteiger partial charge in [-0.05, 0) is 23.3 Å². The summed E-state index contributed by atoms with van der Waals surface area (Å²) in [6.07, 6.45) is 1.95. The molecule has 0 unspecified atom stereocenters. The van der Waals surface area contributed by atoms with E-state index >= 15 is 0 Å². The van der Waals surface area contributed by atoms with Gasteiger partial charge in [-0.15, -0.1) is 0 Å². The van der Waals surface area contributed by atoms with Gasteiger partial charge >= 0.3 is 0 Å². The zero-order valence-electron chi connectivity index (χ0n) is 17.6. The summed E-state index contributed by atoms with van der Waals surface area (Å²) < 4.78 is 17.0. The van der Waals surface area contributed by atoms with Crippen LogP contribution in [-0.2, 0) is 16.1 Å². The average Bonchev–Trinajstić information content (AvgIpc) is 3.31. The molecule has 6 heteroatoms. The number of hydrogen-bond donors (Lipinski definition) is 1. The van der Waals surface area contributed by atoms with Crippen LogP contribution in [0, 0.1) is 0 Å². The van der Waals surface area contributed by atoms with Gasteiger partial charge in [0.05, 0.1) is 26.2 Å². The molecular formula is C24H31N2O4+. The first kappa shape index (κ1) is 20.7. The van der Waals surface area contributed by atoms with Gasteiger partial charge < -0.3 is 24.0 Å². The molecule has 30 heavy (non-hydrogen) atoms. The summed E-state index contributed by atoms with van der Waals surface area (Å²) in [5, 5.41) is 0. The number of quaternary nitrogens is 1. The molecule has 0 spiro atoms. The lowest BCUT2D eigenvalue weighted by Crippen LogP contribution is -3.10. The van der Waals surface area contributed by atoms with Gasteiger partial charge in [0, 0.05) is 26.5 Å². The van der Waals surface area contributed by atoms with E-state index < -0.39 is 6.10 Å². The lowest BCUT2D eigenvalue weighted by Gasteiger charge is -2.28. The maximum Gasteiger partial charge on any atom is 0.256 e. The molecule has 0 radical (unpaired) electrons. The molecule has 2 aliphatic heterocycles. The summed E-state index contributed by atoms with van der Waals surface area (Å²) in [5.74, 6) is 1.52. The number of hydrogen-bond acceptors (Lipinski definition) is 4. The number of methoxy groups -OCH3 is 1. The second-order valence-corrected chi connectivity index (χ2v) is 7.97. The summed E-state index contributed by atoms with van der Waals surface area (Å²) in [4.78, 5) is 17.0. The number of fused-ring (bicyclic) bond motifs is 1. The molecule has 4 rings (SSSR count). The fourth-order valence-electron chi connectivity index (χ4n) is 4.26. The molecule has 2 heterocycles. The van der Waals surface area contributed by atoms with Crippen molar-refractivity contribution in [3.8, 4) is 11.5 Å².